The molecule has 0 saturated heterocycles. The average molecular weight is 184 g/mol. The minimum absolute atomic E-state index is 0.792. The van der Waals surface area contributed by atoms with E-state index in [2.05, 4.69) is 23.2 Å². The van der Waals surface area contributed by atoms with Gasteiger partial charge in [0.15, 0.2) is 5.58 Å². The second-order valence-corrected chi connectivity index (χ2v) is 3.37. The molecule has 3 aromatic rings. The zero-order valence-electron chi connectivity index (χ0n) is 7.69. The average Bonchev–Trinajstić information content (AvgIpc) is 2.56. The molecule has 0 amide bonds. The van der Waals surface area contributed by atoms with E-state index in [9.17, 15) is 0 Å². The first kappa shape index (κ1) is 7.50. The molecule has 0 atom stereocenters. The Balaban J connectivity index is 2.58. The predicted molar refractivity (Wildman–Crippen MR) is 54.0 cm³/mol. The molecule has 0 spiro atoms. The maximum absolute atomic E-state index is 5.60. The van der Waals surface area contributed by atoms with Crippen molar-refractivity contribution in [3.8, 4) is 0 Å². The molecule has 3 rings (SSSR count). The van der Waals surface area contributed by atoms with E-state index in [1.54, 1.807) is 12.4 Å². The number of furan rings is 1. The number of rotatable bonds is 0. The molecule has 1 aromatic carbocycles. The van der Waals surface area contributed by atoms with E-state index in [0.717, 1.165) is 21.9 Å². The topological polar surface area (TPSA) is 38.9 Å². The molecule has 2 heterocycles. The van der Waals surface area contributed by atoms with Gasteiger partial charge in [0.2, 0.25) is 0 Å². The molecule has 0 aliphatic carbocycles. The highest BCUT2D eigenvalue weighted by Gasteiger charge is 2.06. The number of fused-ring (bicyclic) bond motifs is 3. The summed E-state index contributed by atoms with van der Waals surface area (Å²) in [5.74, 6) is 0. The van der Waals surface area contributed by atoms with E-state index in [4.69, 9.17) is 4.42 Å². The highest BCUT2D eigenvalue weighted by Crippen LogP contribution is 2.27. The van der Waals surface area contributed by atoms with Gasteiger partial charge in [0.1, 0.15) is 5.58 Å². The molecule has 0 unspecified atom stereocenters. The summed E-state index contributed by atoms with van der Waals surface area (Å²) in [5, 5.41) is 9.77. The molecule has 68 valence electrons. The standard InChI is InChI=1S/C11H8N2O/c1-7-2-3-10-8(4-7)9-5-12-13-6-11(9)14-10/h2-6H,1H3. The maximum Gasteiger partial charge on any atom is 0.157 e. The van der Waals surface area contributed by atoms with E-state index in [1.165, 1.54) is 5.56 Å². The summed E-state index contributed by atoms with van der Waals surface area (Å²) < 4.78 is 5.60. The van der Waals surface area contributed by atoms with Gasteiger partial charge in [0.05, 0.1) is 17.8 Å². The maximum atomic E-state index is 5.60. The van der Waals surface area contributed by atoms with E-state index in [0.29, 0.717) is 0 Å². The van der Waals surface area contributed by atoms with E-state index in [1.807, 2.05) is 12.1 Å². The molecular weight excluding hydrogens is 176 g/mol. The Hall–Kier alpha value is -1.90. The Morgan fingerprint density at radius 3 is 2.79 bits per heavy atom. The summed E-state index contributed by atoms with van der Waals surface area (Å²) in [6, 6.07) is 6.11. The predicted octanol–water partition coefficient (Wildman–Crippen LogP) is 2.68. The van der Waals surface area contributed by atoms with Gasteiger partial charge in [0.25, 0.3) is 0 Å². The van der Waals surface area contributed by atoms with Crippen LogP contribution in [0.25, 0.3) is 21.9 Å². The fourth-order valence-electron chi connectivity index (χ4n) is 1.66. The van der Waals surface area contributed by atoms with Crippen molar-refractivity contribution in [3.63, 3.8) is 0 Å². The fourth-order valence-corrected chi connectivity index (χ4v) is 1.66. The molecule has 3 nitrogen and oxygen atoms in total. The quantitative estimate of drug-likeness (QED) is 0.539. The Kier molecular flexibility index (Phi) is 1.36. The number of nitrogens with zero attached hydrogens (tertiary/aromatic N) is 2. The van der Waals surface area contributed by atoms with Crippen molar-refractivity contribution >= 4 is 21.9 Å². The Morgan fingerprint density at radius 2 is 1.86 bits per heavy atom. The first-order chi connectivity index (χ1) is 6.84. The minimum Gasteiger partial charge on any atom is -0.454 e. The van der Waals surface area contributed by atoms with Crippen molar-refractivity contribution in [2.45, 2.75) is 6.92 Å². The SMILES string of the molecule is Cc1ccc2oc3cnncc3c2c1. The summed E-state index contributed by atoms with van der Waals surface area (Å²) in [7, 11) is 0. The van der Waals surface area contributed by atoms with Gasteiger partial charge < -0.3 is 4.42 Å². The molecule has 14 heavy (non-hydrogen) atoms. The molecule has 0 N–H and O–H groups in total. The third-order valence-electron chi connectivity index (χ3n) is 2.34. The summed E-state index contributed by atoms with van der Waals surface area (Å²) >= 11 is 0. The van der Waals surface area contributed by atoms with Gasteiger partial charge in [0, 0.05) is 5.39 Å². The van der Waals surface area contributed by atoms with Gasteiger partial charge in [-0.25, -0.2) is 0 Å². The molecule has 0 fully saturated rings. The summed E-state index contributed by atoms with van der Waals surface area (Å²) in [6.45, 7) is 2.06. The molecule has 2 aromatic heterocycles. The minimum atomic E-state index is 0.792. The van der Waals surface area contributed by atoms with Crippen LogP contribution < -0.4 is 0 Å². The van der Waals surface area contributed by atoms with Crippen LogP contribution in [-0.2, 0) is 0 Å². The Bertz CT molecular complexity index is 613. The zero-order valence-corrected chi connectivity index (χ0v) is 7.69. The number of hydrogen-bond acceptors (Lipinski definition) is 3. The molecule has 3 heteroatoms. The Labute approximate surface area is 80.4 Å². The van der Waals surface area contributed by atoms with Crippen LogP contribution >= 0.6 is 0 Å². The second kappa shape index (κ2) is 2.54. The molecule has 0 aliphatic rings. The zero-order chi connectivity index (χ0) is 9.54. The Morgan fingerprint density at radius 1 is 1.00 bits per heavy atom. The molecule has 0 saturated carbocycles. The van der Waals surface area contributed by atoms with Gasteiger partial charge in [-0.1, -0.05) is 11.6 Å². The smallest absolute Gasteiger partial charge is 0.157 e. The second-order valence-electron chi connectivity index (χ2n) is 3.37. The van der Waals surface area contributed by atoms with Gasteiger partial charge in [-0.3, -0.25) is 0 Å². The lowest BCUT2D eigenvalue weighted by molar-refractivity contribution is 0.665. The first-order valence-electron chi connectivity index (χ1n) is 4.44. The van der Waals surface area contributed by atoms with E-state index >= 15 is 0 Å². The van der Waals surface area contributed by atoms with Crippen LogP contribution in [0.1, 0.15) is 5.56 Å². The van der Waals surface area contributed by atoms with Gasteiger partial charge >= 0.3 is 0 Å². The van der Waals surface area contributed by atoms with Gasteiger partial charge in [-0.05, 0) is 19.1 Å². The van der Waals surface area contributed by atoms with Crippen LogP contribution in [0.15, 0.2) is 35.0 Å². The van der Waals surface area contributed by atoms with Crippen molar-refractivity contribution in [2.75, 3.05) is 0 Å². The van der Waals surface area contributed by atoms with Crippen LogP contribution in [0.5, 0.6) is 0 Å². The van der Waals surface area contributed by atoms with Gasteiger partial charge in [-0.2, -0.15) is 10.2 Å². The van der Waals surface area contributed by atoms with Crippen molar-refractivity contribution in [2.24, 2.45) is 0 Å². The summed E-state index contributed by atoms with van der Waals surface area (Å²) in [5.41, 5.74) is 2.90. The van der Waals surface area contributed by atoms with Crippen LogP contribution in [0.3, 0.4) is 0 Å². The lowest BCUT2D eigenvalue weighted by Crippen LogP contribution is -1.75. The summed E-state index contributed by atoms with van der Waals surface area (Å²) in [6.07, 6.45) is 3.38. The van der Waals surface area contributed by atoms with Crippen LogP contribution in [0.4, 0.5) is 0 Å². The monoisotopic (exact) mass is 184 g/mol. The number of aryl methyl sites for hydroxylation is 1. The van der Waals surface area contributed by atoms with Crippen molar-refractivity contribution in [3.05, 3.63) is 36.2 Å². The molecule has 0 radical (unpaired) electrons. The molecule has 0 aliphatic heterocycles. The first-order valence-corrected chi connectivity index (χ1v) is 4.44. The highest BCUT2D eigenvalue weighted by molar-refractivity contribution is 6.04. The van der Waals surface area contributed by atoms with Crippen LogP contribution in [-0.4, -0.2) is 10.2 Å². The van der Waals surface area contributed by atoms with Crippen LogP contribution in [0, 0.1) is 6.92 Å². The molecular formula is C11H8N2O. The van der Waals surface area contributed by atoms with Crippen LogP contribution in [0.2, 0.25) is 0 Å². The lowest BCUT2D eigenvalue weighted by Gasteiger charge is -1.90. The lowest BCUT2D eigenvalue weighted by atomic mass is 10.1. The number of aromatic nitrogens is 2. The highest BCUT2D eigenvalue weighted by atomic mass is 16.3. The fraction of sp³-hybridized carbons (Fsp3) is 0.0909. The van der Waals surface area contributed by atoms with E-state index < -0.39 is 0 Å². The number of hydrogen-bond donors (Lipinski definition) is 0. The normalized spacial score (nSPS) is 11.2. The third-order valence-corrected chi connectivity index (χ3v) is 2.34. The van der Waals surface area contributed by atoms with Crippen molar-refractivity contribution in [1.82, 2.24) is 10.2 Å². The third kappa shape index (κ3) is 0.923. The van der Waals surface area contributed by atoms with Gasteiger partial charge in [-0.15, -0.1) is 0 Å². The number of benzene rings is 1. The summed E-state index contributed by atoms with van der Waals surface area (Å²) in [4.78, 5) is 0. The van der Waals surface area contributed by atoms with Crippen molar-refractivity contribution < 1.29 is 4.42 Å². The van der Waals surface area contributed by atoms with E-state index in [-0.39, 0.29) is 0 Å². The van der Waals surface area contributed by atoms with Crippen molar-refractivity contribution in [1.29, 1.82) is 0 Å². The molecule has 0 bridgehead atoms. The largest absolute Gasteiger partial charge is 0.454 e.